The minimum atomic E-state index is -1.14. The van der Waals surface area contributed by atoms with Gasteiger partial charge in [0.1, 0.15) is 0 Å². The van der Waals surface area contributed by atoms with Crippen LogP contribution in [0.1, 0.15) is 0 Å². The Bertz CT molecular complexity index is 245. The van der Waals surface area contributed by atoms with Gasteiger partial charge in [0.05, 0.1) is 0 Å². The number of hydrogen-bond donors (Lipinski definition) is 2. The summed E-state index contributed by atoms with van der Waals surface area (Å²) in [5, 5.41) is 0. The molecule has 1 rings (SSSR count). The molecule has 5 heteroatoms. The number of aromatic nitrogens is 1. The summed E-state index contributed by atoms with van der Waals surface area (Å²) in [5.74, 6) is 6.14. The first kappa shape index (κ1) is 8.60. The summed E-state index contributed by atoms with van der Waals surface area (Å²) in [6, 6.07) is 3.58. The number of anilines is 2. The van der Waals surface area contributed by atoms with Gasteiger partial charge in [-0.05, 0) is 0 Å². The van der Waals surface area contributed by atoms with Gasteiger partial charge in [-0.15, -0.1) is 0 Å². The maximum atomic E-state index is 5.63. The van der Waals surface area contributed by atoms with Crippen LogP contribution in [0.4, 0.5) is 11.5 Å². The average molecular weight is 342 g/mol. The molecule has 0 atom stereocenters. The van der Waals surface area contributed by atoms with E-state index in [-0.39, 0.29) is 0 Å². The van der Waals surface area contributed by atoms with E-state index in [1.807, 2.05) is 6.07 Å². The Morgan fingerprint density at radius 3 is 2.73 bits per heavy atom. The van der Waals surface area contributed by atoms with Gasteiger partial charge in [0.2, 0.25) is 0 Å². The van der Waals surface area contributed by atoms with Crippen LogP contribution in [-0.2, 0) is 0 Å². The standard InChI is InChI=1S/C5H7N4.CH2.Tl/c6-5-2-1-4(9-7)3-8-5;;/h1-3H,7H2,(H2,6,8);1H2;/q-1;;+1. The van der Waals surface area contributed by atoms with Crippen LogP contribution in [0.25, 0.3) is 0 Å². The van der Waals surface area contributed by atoms with Crippen molar-refractivity contribution in [2.75, 3.05) is 8.55 Å². The van der Waals surface area contributed by atoms with Gasteiger partial charge in [-0.2, -0.15) is 0 Å². The number of hydrazine groups is 1. The fourth-order valence-corrected chi connectivity index (χ4v) is 2.07. The third kappa shape index (κ3) is 2.23. The molecule has 0 saturated heterocycles. The zero-order valence-electron chi connectivity index (χ0n) is 6.07. The van der Waals surface area contributed by atoms with Crippen LogP contribution in [0.5, 0.6) is 0 Å². The van der Waals surface area contributed by atoms with E-state index in [4.69, 9.17) is 11.6 Å². The van der Waals surface area contributed by atoms with Crippen molar-refractivity contribution in [3.8, 4) is 0 Å². The summed E-state index contributed by atoms with van der Waals surface area (Å²) in [4.78, 5) is 3.91. The molecule has 11 heavy (non-hydrogen) atoms. The number of pyridine rings is 1. The summed E-state index contributed by atoms with van der Waals surface area (Å²) >= 11 is -1.14. The number of nitrogen functional groups attached to an aromatic ring is 1. The van der Waals surface area contributed by atoms with Crippen molar-refractivity contribution in [2.45, 2.75) is 0 Å². The average Bonchev–Trinajstić information content (AvgIpc) is 2.05. The van der Waals surface area contributed by atoms with Crippen molar-refractivity contribution >= 4 is 39.6 Å². The molecule has 1 aromatic rings. The van der Waals surface area contributed by atoms with Crippen molar-refractivity contribution in [3.63, 3.8) is 0 Å². The second-order valence-corrected chi connectivity index (χ2v) is 5.61. The predicted octanol–water partition coefficient (Wildman–Crippen LogP) is -0.605. The number of hydrogen-bond acceptors (Lipinski definition) is 4. The van der Waals surface area contributed by atoms with Crippen LogP contribution < -0.4 is 14.4 Å². The van der Waals surface area contributed by atoms with Gasteiger partial charge in [0, 0.05) is 0 Å². The first-order valence-corrected chi connectivity index (χ1v) is 8.30. The van der Waals surface area contributed by atoms with E-state index in [2.05, 4.69) is 9.05 Å². The molecule has 56 valence electrons. The maximum absolute atomic E-state index is 5.63. The van der Waals surface area contributed by atoms with E-state index in [0.717, 1.165) is 5.69 Å². The van der Waals surface area contributed by atoms with Crippen LogP contribution in [0.2, 0.25) is 0 Å². The molecule has 0 aliphatic rings. The number of nitrogens with zero attached hydrogens (tertiary/aromatic N) is 2. The third-order valence-corrected chi connectivity index (χ3v) is 3.95. The molecule has 0 aliphatic carbocycles. The van der Waals surface area contributed by atoms with E-state index >= 15 is 0 Å². The first-order chi connectivity index (χ1) is 5.24. The Morgan fingerprint density at radius 2 is 2.27 bits per heavy atom. The van der Waals surface area contributed by atoms with Crippen molar-refractivity contribution in [1.29, 1.82) is 0 Å². The number of nitrogens with two attached hydrogens (primary N) is 2. The van der Waals surface area contributed by atoms with Gasteiger partial charge in [-0.25, -0.2) is 0 Å². The fourth-order valence-electron chi connectivity index (χ4n) is 0.656. The van der Waals surface area contributed by atoms with Crippen LogP contribution >= 0.6 is 0 Å². The molecular weight excluding hydrogens is 332 g/mol. The zero-order valence-corrected chi connectivity index (χ0v) is 10.6. The summed E-state index contributed by atoms with van der Waals surface area (Å²) in [7, 11) is 0. The molecule has 0 bridgehead atoms. The Morgan fingerprint density at radius 1 is 1.55 bits per heavy atom. The second-order valence-electron chi connectivity index (χ2n) is 2.03. The molecule has 0 radical (unpaired) electrons. The van der Waals surface area contributed by atoms with Crippen LogP contribution in [0.15, 0.2) is 18.3 Å². The van der Waals surface area contributed by atoms with Crippen molar-refractivity contribution in [1.82, 2.24) is 4.98 Å². The molecule has 0 spiro atoms. The molecule has 0 fully saturated rings. The van der Waals surface area contributed by atoms with Gasteiger partial charge in [-0.1, -0.05) is 0 Å². The van der Waals surface area contributed by atoms with E-state index < -0.39 is 24.0 Å². The second kappa shape index (κ2) is 3.77. The van der Waals surface area contributed by atoms with Gasteiger partial charge >= 0.3 is 77.3 Å². The fraction of sp³-hybridized carbons (Fsp3) is 0. The van der Waals surface area contributed by atoms with Crippen LogP contribution in [0, 0.1) is 0 Å². The summed E-state index contributed by atoms with van der Waals surface area (Å²) < 4.78 is 5.54. The van der Waals surface area contributed by atoms with E-state index in [1.165, 1.54) is 0 Å². The molecule has 4 N–H and O–H groups in total. The Balaban J connectivity index is 2.89. The van der Waals surface area contributed by atoms with E-state index in [9.17, 15) is 0 Å². The summed E-state index contributed by atoms with van der Waals surface area (Å²) in [6.07, 6.45) is 1.66. The molecule has 0 aromatic carbocycles. The monoisotopic (exact) mass is 342 g/mol. The van der Waals surface area contributed by atoms with Gasteiger partial charge in [0.25, 0.3) is 0 Å². The summed E-state index contributed by atoms with van der Waals surface area (Å²) in [6.45, 7) is 0. The first-order valence-electron chi connectivity index (χ1n) is 3.12. The molecule has 0 unspecified atom stereocenters. The quantitative estimate of drug-likeness (QED) is 0.428. The molecule has 0 aliphatic heterocycles. The molecule has 1 heterocycles. The molecular formula is C6H9N4Tl. The predicted molar refractivity (Wildman–Crippen MR) is 48.2 cm³/mol. The van der Waals surface area contributed by atoms with Crippen LogP contribution in [-0.4, -0.2) is 33.1 Å². The Kier molecular flexibility index (Phi) is 2.94. The van der Waals surface area contributed by atoms with Crippen LogP contribution in [0.3, 0.4) is 0 Å². The Hall–Kier alpha value is -0.498. The van der Waals surface area contributed by atoms with Gasteiger partial charge in [-0.3, -0.25) is 0 Å². The Labute approximate surface area is 77.3 Å². The molecule has 0 saturated carbocycles. The summed E-state index contributed by atoms with van der Waals surface area (Å²) in [5.41, 5.74) is 6.31. The molecule has 0 amide bonds. The van der Waals surface area contributed by atoms with E-state index in [1.54, 1.807) is 15.1 Å². The normalized spacial score (nSPS) is 8.82. The van der Waals surface area contributed by atoms with E-state index in [0.29, 0.717) is 5.82 Å². The van der Waals surface area contributed by atoms with Crippen molar-refractivity contribution < 1.29 is 0 Å². The molecule has 4 nitrogen and oxygen atoms in total. The van der Waals surface area contributed by atoms with Crippen molar-refractivity contribution in [2.24, 2.45) is 5.84 Å². The zero-order chi connectivity index (χ0) is 8.27. The topological polar surface area (TPSA) is 68.2 Å². The molecule has 1 aromatic heterocycles. The minimum absolute atomic E-state index is 0.515. The van der Waals surface area contributed by atoms with Gasteiger partial charge in [0.15, 0.2) is 0 Å². The van der Waals surface area contributed by atoms with Crippen molar-refractivity contribution in [3.05, 3.63) is 18.3 Å². The van der Waals surface area contributed by atoms with Gasteiger partial charge < -0.3 is 0 Å². The SMILES string of the molecule is [CH2]=[Tl][N](N)c1ccc(N)nc1. The number of rotatable bonds is 2. The third-order valence-electron chi connectivity index (χ3n) is 1.27.